The smallest absolute Gasteiger partial charge is 0.253 e. The van der Waals surface area contributed by atoms with E-state index in [1.165, 1.54) is 0 Å². The van der Waals surface area contributed by atoms with Crippen molar-refractivity contribution in [2.45, 2.75) is 46.0 Å². The maximum atomic E-state index is 12.5. The zero-order valence-corrected chi connectivity index (χ0v) is 17.2. The zero-order valence-electron chi connectivity index (χ0n) is 16.4. The summed E-state index contributed by atoms with van der Waals surface area (Å²) in [7, 11) is 0. The van der Waals surface area contributed by atoms with Gasteiger partial charge >= 0.3 is 0 Å². The largest absolute Gasteiger partial charge is 0.339 e. The molecule has 1 aromatic carbocycles. The maximum absolute atomic E-state index is 12.5. The van der Waals surface area contributed by atoms with Crippen LogP contribution in [0.25, 0.3) is 0 Å². The Balaban J connectivity index is 0.00000261. The van der Waals surface area contributed by atoms with Crippen molar-refractivity contribution >= 4 is 29.9 Å². The lowest BCUT2D eigenvalue weighted by atomic mass is 9.84. The van der Waals surface area contributed by atoms with Crippen LogP contribution in [0.3, 0.4) is 0 Å². The first-order chi connectivity index (χ1) is 12.5. The van der Waals surface area contributed by atoms with Crippen LogP contribution in [-0.2, 0) is 4.79 Å². The molecule has 5 nitrogen and oxygen atoms in total. The molecule has 1 unspecified atom stereocenters. The van der Waals surface area contributed by atoms with Crippen molar-refractivity contribution in [3.8, 4) is 0 Å². The van der Waals surface area contributed by atoms with Crippen molar-refractivity contribution in [3.05, 3.63) is 29.3 Å². The molecule has 2 heterocycles. The molecule has 27 heavy (non-hydrogen) atoms. The lowest BCUT2D eigenvalue weighted by molar-refractivity contribution is -0.117. The van der Waals surface area contributed by atoms with Gasteiger partial charge in [-0.1, -0.05) is 6.92 Å². The van der Waals surface area contributed by atoms with E-state index in [0.29, 0.717) is 23.8 Å². The van der Waals surface area contributed by atoms with E-state index in [1.54, 1.807) is 0 Å². The summed E-state index contributed by atoms with van der Waals surface area (Å²) in [6, 6.07) is 5.59. The van der Waals surface area contributed by atoms with Gasteiger partial charge < -0.3 is 15.5 Å². The van der Waals surface area contributed by atoms with Crippen LogP contribution in [0.1, 0.15) is 54.9 Å². The molecule has 2 N–H and O–H groups in total. The van der Waals surface area contributed by atoms with E-state index in [9.17, 15) is 9.59 Å². The fourth-order valence-electron chi connectivity index (χ4n) is 4.11. The number of amides is 2. The predicted molar refractivity (Wildman–Crippen MR) is 112 cm³/mol. The molecule has 2 aliphatic heterocycles. The van der Waals surface area contributed by atoms with Gasteiger partial charge in [0.05, 0.1) is 0 Å². The molecule has 0 saturated carbocycles. The molecule has 150 valence electrons. The van der Waals surface area contributed by atoms with Gasteiger partial charge in [-0.05, 0) is 81.3 Å². The zero-order chi connectivity index (χ0) is 18.5. The number of aryl methyl sites for hydroxylation is 1. The minimum atomic E-state index is 0. The van der Waals surface area contributed by atoms with Gasteiger partial charge in [0, 0.05) is 30.8 Å². The van der Waals surface area contributed by atoms with E-state index in [1.807, 2.05) is 30.0 Å². The molecule has 0 bridgehead atoms. The molecule has 1 atom stereocenters. The van der Waals surface area contributed by atoms with Crippen molar-refractivity contribution in [2.24, 2.45) is 11.8 Å². The van der Waals surface area contributed by atoms with E-state index in [0.717, 1.165) is 63.1 Å². The third kappa shape index (κ3) is 5.69. The highest BCUT2D eigenvalue weighted by molar-refractivity contribution is 5.96. The summed E-state index contributed by atoms with van der Waals surface area (Å²) in [5, 5.41) is 6.41. The van der Waals surface area contributed by atoms with E-state index in [-0.39, 0.29) is 24.2 Å². The quantitative estimate of drug-likeness (QED) is 0.803. The number of nitrogens with zero attached hydrogens (tertiary/aromatic N) is 1. The number of hydrogen-bond donors (Lipinski definition) is 2. The summed E-state index contributed by atoms with van der Waals surface area (Å²) in [6.45, 7) is 7.95. The second-order valence-corrected chi connectivity index (χ2v) is 7.85. The monoisotopic (exact) mass is 393 g/mol. The predicted octanol–water partition coefficient (Wildman–Crippen LogP) is 3.62. The SMILES string of the molecule is Cc1cc(C(=O)N2CCCC2)ccc1NC(=O)CC(C)C1CCNCC1.Cl. The Morgan fingerprint density at radius 2 is 1.89 bits per heavy atom. The number of rotatable bonds is 5. The number of benzene rings is 1. The summed E-state index contributed by atoms with van der Waals surface area (Å²) in [5.41, 5.74) is 2.47. The molecular weight excluding hydrogens is 362 g/mol. The molecular formula is C21H32ClN3O2. The Labute approximate surface area is 168 Å². The maximum Gasteiger partial charge on any atom is 0.253 e. The first-order valence-corrected chi connectivity index (χ1v) is 9.95. The van der Waals surface area contributed by atoms with Crippen LogP contribution >= 0.6 is 12.4 Å². The molecule has 6 heteroatoms. The number of anilines is 1. The number of halogens is 1. The molecule has 2 aliphatic rings. The number of piperidine rings is 1. The second-order valence-electron chi connectivity index (χ2n) is 7.85. The minimum absolute atomic E-state index is 0. The van der Waals surface area contributed by atoms with Gasteiger partial charge in [-0.2, -0.15) is 0 Å². The molecule has 0 spiro atoms. The highest BCUT2D eigenvalue weighted by Gasteiger charge is 2.23. The van der Waals surface area contributed by atoms with Gasteiger partial charge in [-0.3, -0.25) is 9.59 Å². The van der Waals surface area contributed by atoms with Gasteiger partial charge in [0.1, 0.15) is 0 Å². The first-order valence-electron chi connectivity index (χ1n) is 9.95. The topological polar surface area (TPSA) is 61.4 Å². The van der Waals surface area contributed by atoms with Crippen LogP contribution in [0.2, 0.25) is 0 Å². The Morgan fingerprint density at radius 3 is 2.52 bits per heavy atom. The Hall–Kier alpha value is -1.59. The van der Waals surface area contributed by atoms with Gasteiger partial charge in [0.15, 0.2) is 0 Å². The average Bonchev–Trinajstić information content (AvgIpc) is 3.18. The number of carbonyl (C=O) groups is 2. The third-order valence-corrected chi connectivity index (χ3v) is 5.84. The van der Waals surface area contributed by atoms with Gasteiger partial charge in [0.2, 0.25) is 5.91 Å². The van der Waals surface area contributed by atoms with Crippen LogP contribution < -0.4 is 10.6 Å². The lowest BCUT2D eigenvalue weighted by Crippen LogP contribution is -2.32. The molecule has 3 rings (SSSR count). The number of nitrogens with one attached hydrogen (secondary N) is 2. The fourth-order valence-corrected chi connectivity index (χ4v) is 4.11. The summed E-state index contributed by atoms with van der Waals surface area (Å²) in [6.07, 6.45) is 5.04. The summed E-state index contributed by atoms with van der Waals surface area (Å²) >= 11 is 0. The molecule has 2 fully saturated rings. The molecule has 0 aliphatic carbocycles. The summed E-state index contributed by atoms with van der Waals surface area (Å²) in [5.74, 6) is 1.19. The second kappa shape index (κ2) is 10.1. The van der Waals surface area contributed by atoms with E-state index >= 15 is 0 Å². The van der Waals surface area contributed by atoms with Crippen LogP contribution in [0.5, 0.6) is 0 Å². The first kappa shape index (κ1) is 21.7. The Kier molecular flexibility index (Phi) is 8.11. The van der Waals surface area contributed by atoms with Crippen LogP contribution in [-0.4, -0.2) is 42.9 Å². The van der Waals surface area contributed by atoms with Crippen molar-refractivity contribution in [2.75, 3.05) is 31.5 Å². The van der Waals surface area contributed by atoms with Gasteiger partial charge in [-0.15, -0.1) is 12.4 Å². The van der Waals surface area contributed by atoms with Gasteiger partial charge in [0.25, 0.3) is 5.91 Å². The summed E-state index contributed by atoms with van der Waals surface area (Å²) < 4.78 is 0. The molecule has 2 amide bonds. The van der Waals surface area contributed by atoms with E-state index < -0.39 is 0 Å². The van der Waals surface area contributed by atoms with Crippen LogP contribution in [0, 0.1) is 18.8 Å². The average molecular weight is 394 g/mol. The third-order valence-electron chi connectivity index (χ3n) is 5.84. The number of likely N-dealkylation sites (tertiary alicyclic amines) is 1. The van der Waals surface area contributed by atoms with Crippen molar-refractivity contribution < 1.29 is 9.59 Å². The number of carbonyl (C=O) groups excluding carboxylic acids is 2. The normalized spacial score (nSPS) is 18.7. The highest BCUT2D eigenvalue weighted by atomic mass is 35.5. The molecule has 0 radical (unpaired) electrons. The Bertz CT molecular complexity index is 653. The highest BCUT2D eigenvalue weighted by Crippen LogP contribution is 2.25. The molecule has 1 aromatic rings. The van der Waals surface area contributed by atoms with Crippen molar-refractivity contribution in [1.29, 1.82) is 0 Å². The van der Waals surface area contributed by atoms with E-state index in [4.69, 9.17) is 0 Å². The fraction of sp³-hybridized carbons (Fsp3) is 0.619. The van der Waals surface area contributed by atoms with Crippen molar-refractivity contribution in [3.63, 3.8) is 0 Å². The van der Waals surface area contributed by atoms with Crippen LogP contribution in [0.4, 0.5) is 5.69 Å². The van der Waals surface area contributed by atoms with Crippen LogP contribution in [0.15, 0.2) is 18.2 Å². The standard InChI is InChI=1S/C21H31N3O2.ClH/c1-15(17-7-9-22-10-8-17)14-20(25)23-19-6-5-18(13-16(19)2)21(26)24-11-3-4-12-24;/h5-6,13,15,17,22H,3-4,7-12,14H2,1-2H3,(H,23,25);1H. The molecule has 2 saturated heterocycles. The summed E-state index contributed by atoms with van der Waals surface area (Å²) in [4.78, 5) is 26.8. The van der Waals surface area contributed by atoms with Gasteiger partial charge in [-0.25, -0.2) is 0 Å². The Morgan fingerprint density at radius 1 is 1.22 bits per heavy atom. The van der Waals surface area contributed by atoms with E-state index in [2.05, 4.69) is 17.6 Å². The lowest BCUT2D eigenvalue weighted by Gasteiger charge is -2.28. The van der Waals surface area contributed by atoms with Crippen molar-refractivity contribution in [1.82, 2.24) is 10.2 Å². The number of hydrogen-bond acceptors (Lipinski definition) is 3. The minimum Gasteiger partial charge on any atom is -0.339 e. The molecule has 0 aromatic heterocycles.